The third-order valence-corrected chi connectivity index (χ3v) is 9.19. The van der Waals surface area contributed by atoms with Crippen molar-refractivity contribution in [1.29, 1.82) is 0 Å². The Morgan fingerprint density at radius 1 is 0.645 bits per heavy atom. The molecule has 164 valence electrons. The average Bonchev–Trinajstić information content (AvgIpc) is 3.11. The van der Waals surface area contributed by atoms with Gasteiger partial charge >= 0.3 is 23.9 Å². The topological polar surface area (TPSA) is 105 Å². The van der Waals surface area contributed by atoms with Gasteiger partial charge < -0.3 is 18.9 Å². The van der Waals surface area contributed by atoms with Crippen LogP contribution in [0.15, 0.2) is 11.1 Å². The van der Waals surface area contributed by atoms with Gasteiger partial charge in [0.1, 0.15) is 5.57 Å². The van der Waals surface area contributed by atoms with E-state index in [0.717, 1.165) is 12.0 Å². The van der Waals surface area contributed by atoms with Gasteiger partial charge in [-0.25, -0.2) is 9.59 Å². The van der Waals surface area contributed by atoms with Gasteiger partial charge in [0.2, 0.25) is 0 Å². The fraction of sp³-hybridized carbons (Fsp3) is 0.739. The summed E-state index contributed by atoms with van der Waals surface area (Å²) in [6.07, 6.45) is 1.03. The number of carbonyl (C=O) groups excluding carboxylic acids is 4. The second kappa shape index (κ2) is 4.99. The lowest BCUT2D eigenvalue weighted by Gasteiger charge is -2.51. The molecule has 7 rings (SSSR count). The van der Waals surface area contributed by atoms with E-state index in [4.69, 9.17) is 18.9 Å². The van der Waals surface area contributed by atoms with Gasteiger partial charge in [-0.3, -0.25) is 9.59 Å². The number of ether oxygens (including phenoxy) is 4. The first-order valence-corrected chi connectivity index (χ1v) is 11.2. The van der Waals surface area contributed by atoms with Crippen LogP contribution in [0.5, 0.6) is 0 Å². The smallest absolute Gasteiger partial charge is 0.348 e. The van der Waals surface area contributed by atoms with E-state index in [1.54, 1.807) is 27.7 Å². The highest BCUT2D eigenvalue weighted by atomic mass is 16.7. The number of cyclic esters (lactones) is 4. The molecule has 2 aliphatic heterocycles. The summed E-state index contributed by atoms with van der Waals surface area (Å²) in [6, 6.07) is 0. The maximum atomic E-state index is 12.9. The summed E-state index contributed by atoms with van der Waals surface area (Å²) in [5.41, 5.74) is 0.937. The van der Waals surface area contributed by atoms with Crippen molar-refractivity contribution < 1.29 is 38.1 Å². The molecule has 7 aliphatic rings. The third kappa shape index (κ3) is 1.90. The largest absolute Gasteiger partial charge is 0.422 e. The molecule has 31 heavy (non-hydrogen) atoms. The quantitative estimate of drug-likeness (QED) is 0.268. The van der Waals surface area contributed by atoms with Crippen LogP contribution in [0.1, 0.15) is 34.1 Å². The number of allylic oxidation sites excluding steroid dienone is 1. The summed E-state index contributed by atoms with van der Waals surface area (Å²) in [5, 5.41) is 0. The Bertz CT molecular complexity index is 994. The number of fused-ring (bicyclic) bond motifs is 2. The number of carbonyl (C=O) groups is 4. The minimum absolute atomic E-state index is 0.0202. The Morgan fingerprint density at radius 2 is 1.19 bits per heavy atom. The van der Waals surface area contributed by atoms with Gasteiger partial charge in [0, 0.05) is 27.7 Å². The van der Waals surface area contributed by atoms with E-state index < -0.39 is 41.4 Å². The Morgan fingerprint density at radius 3 is 1.81 bits per heavy atom. The molecular weight excluding hydrogens is 404 g/mol. The lowest BCUT2D eigenvalue weighted by Crippen LogP contribution is -2.55. The molecule has 0 aromatic carbocycles. The van der Waals surface area contributed by atoms with Crippen LogP contribution in [0.4, 0.5) is 0 Å². The highest BCUT2D eigenvalue weighted by molar-refractivity contribution is 6.16. The number of rotatable bonds is 1. The first-order chi connectivity index (χ1) is 14.5. The van der Waals surface area contributed by atoms with Gasteiger partial charge in [-0.15, -0.1) is 0 Å². The van der Waals surface area contributed by atoms with Crippen molar-refractivity contribution >= 4 is 23.9 Å². The fourth-order valence-electron chi connectivity index (χ4n) is 9.01. The first kappa shape index (κ1) is 18.2. The molecule has 0 unspecified atom stereocenters. The highest BCUT2D eigenvalue weighted by Crippen LogP contribution is 2.87. The van der Waals surface area contributed by atoms with Crippen LogP contribution in [0, 0.1) is 59.2 Å². The van der Waals surface area contributed by atoms with Crippen LogP contribution in [0.2, 0.25) is 0 Å². The number of hydrogen-bond donors (Lipinski definition) is 0. The molecule has 5 saturated carbocycles. The average molecular weight is 428 g/mol. The number of esters is 4. The van der Waals surface area contributed by atoms with E-state index in [9.17, 15) is 19.2 Å². The van der Waals surface area contributed by atoms with E-state index in [-0.39, 0.29) is 35.2 Å². The van der Waals surface area contributed by atoms with Gasteiger partial charge in [0.25, 0.3) is 11.6 Å². The summed E-state index contributed by atoms with van der Waals surface area (Å²) < 4.78 is 21.7. The molecule has 8 nitrogen and oxygen atoms in total. The minimum atomic E-state index is -1.27. The standard InChI is InChI=1S/C23H24O8/c1-22(2)28-18(24)16(19(25)29-22)14-10-6-5-7-9-8(6)12(14)13(9)15(11(7)10)17-20(26)30-23(3,4)31-21(17)27/h6-14,16H,5H2,1-4H3/t6-,7+,8-,9+,10-,11+,12-,13-,14+/m1/s1. The maximum absolute atomic E-state index is 12.9. The highest BCUT2D eigenvalue weighted by Gasteiger charge is 2.84. The zero-order valence-corrected chi connectivity index (χ0v) is 17.7. The Labute approximate surface area is 178 Å². The summed E-state index contributed by atoms with van der Waals surface area (Å²) in [4.78, 5) is 51.4. The second-order valence-electron chi connectivity index (χ2n) is 11.2. The fourth-order valence-corrected chi connectivity index (χ4v) is 9.01. The zero-order valence-electron chi connectivity index (χ0n) is 17.7. The predicted molar refractivity (Wildman–Crippen MR) is 99.1 cm³/mol. The SMILES string of the molecule is CC1(C)OC(=O)C(=C2[C@@H]3[C@H]4[C@@H]5C[C@@H]6[C@H]4[C@H]3[C@@H](C3C(=O)OC(C)(C)OC3=O)[C@H]6[C@@H]25)C(=O)O1. The van der Waals surface area contributed by atoms with Crippen molar-refractivity contribution in [3.8, 4) is 0 Å². The summed E-state index contributed by atoms with van der Waals surface area (Å²) in [6.45, 7) is 6.21. The predicted octanol–water partition coefficient (Wildman–Crippen LogP) is 1.58. The molecule has 0 aromatic rings. The minimum Gasteiger partial charge on any atom is -0.422 e. The molecule has 0 amide bonds. The lowest BCUT2D eigenvalue weighted by atomic mass is 9.54. The Balaban J connectivity index is 1.31. The van der Waals surface area contributed by atoms with Gasteiger partial charge in [-0.1, -0.05) is 0 Å². The van der Waals surface area contributed by atoms with E-state index in [2.05, 4.69) is 0 Å². The van der Waals surface area contributed by atoms with Crippen molar-refractivity contribution in [3.05, 3.63) is 11.1 Å². The molecule has 9 atom stereocenters. The van der Waals surface area contributed by atoms with Gasteiger partial charge in [-0.2, -0.15) is 0 Å². The molecule has 7 fully saturated rings. The Kier molecular flexibility index (Phi) is 2.93. The first-order valence-electron chi connectivity index (χ1n) is 11.2. The van der Waals surface area contributed by atoms with Crippen molar-refractivity contribution in [2.75, 3.05) is 0 Å². The molecular formula is C23H24O8. The molecule has 0 aromatic heterocycles. The number of hydrogen-bond acceptors (Lipinski definition) is 8. The van der Waals surface area contributed by atoms with Crippen molar-refractivity contribution in [2.24, 2.45) is 59.2 Å². The molecule has 2 heterocycles. The van der Waals surface area contributed by atoms with E-state index >= 15 is 0 Å². The lowest BCUT2D eigenvalue weighted by molar-refractivity contribution is -0.246. The second-order valence-corrected chi connectivity index (χ2v) is 11.2. The van der Waals surface area contributed by atoms with Gasteiger partial charge in [0.05, 0.1) is 0 Å². The summed E-state index contributed by atoms with van der Waals surface area (Å²) in [5.74, 6) is -3.92. The van der Waals surface area contributed by atoms with Crippen molar-refractivity contribution in [2.45, 2.75) is 45.7 Å². The van der Waals surface area contributed by atoms with Crippen molar-refractivity contribution in [1.82, 2.24) is 0 Å². The van der Waals surface area contributed by atoms with Crippen LogP contribution >= 0.6 is 0 Å². The van der Waals surface area contributed by atoms with Crippen LogP contribution in [-0.4, -0.2) is 35.5 Å². The van der Waals surface area contributed by atoms with Crippen LogP contribution in [-0.2, 0) is 38.1 Å². The molecule has 2 saturated heterocycles. The molecule has 0 radical (unpaired) electrons. The monoisotopic (exact) mass is 428 g/mol. The van der Waals surface area contributed by atoms with Crippen LogP contribution < -0.4 is 0 Å². The molecule has 8 heteroatoms. The molecule has 5 aliphatic carbocycles. The van der Waals surface area contributed by atoms with Gasteiger partial charge in [-0.05, 0) is 65.3 Å². The maximum Gasteiger partial charge on any atom is 0.348 e. The summed E-state index contributed by atoms with van der Waals surface area (Å²) >= 11 is 0. The molecule has 0 N–H and O–H groups in total. The normalized spacial score (nSPS) is 49.7. The third-order valence-electron chi connectivity index (χ3n) is 9.19. The van der Waals surface area contributed by atoms with Crippen LogP contribution in [0.25, 0.3) is 0 Å². The van der Waals surface area contributed by atoms with E-state index in [1.807, 2.05) is 0 Å². The summed E-state index contributed by atoms with van der Waals surface area (Å²) in [7, 11) is 0. The van der Waals surface area contributed by atoms with E-state index in [1.165, 1.54) is 0 Å². The zero-order chi connectivity index (χ0) is 21.8. The Hall–Kier alpha value is -2.38. The molecule has 2 bridgehead atoms. The van der Waals surface area contributed by atoms with E-state index in [0.29, 0.717) is 23.7 Å². The molecule has 0 spiro atoms. The van der Waals surface area contributed by atoms with Crippen molar-refractivity contribution in [3.63, 3.8) is 0 Å². The van der Waals surface area contributed by atoms with Crippen LogP contribution in [0.3, 0.4) is 0 Å². The van der Waals surface area contributed by atoms with Gasteiger partial charge in [0.15, 0.2) is 5.92 Å².